The quantitative estimate of drug-likeness (QED) is 0.412. The molecule has 0 saturated carbocycles. The monoisotopic (exact) mass is 236 g/mol. The van der Waals surface area contributed by atoms with Gasteiger partial charge in [-0.15, -0.1) is 0 Å². The zero-order chi connectivity index (χ0) is 11.5. The molecule has 1 aromatic rings. The first-order valence-corrected chi connectivity index (χ1v) is 4.55. The number of nitrogens with two attached hydrogens (primary N) is 2. The summed E-state index contributed by atoms with van der Waals surface area (Å²) >= 11 is 4.86. The molecule has 84 valence electrons. The second kappa shape index (κ2) is 4.69. The Kier molecular flexibility index (Phi) is 3.78. The van der Waals surface area contributed by atoms with Gasteiger partial charge in [0.25, 0.3) is 0 Å². The molecule has 1 aromatic heterocycles. The summed E-state index contributed by atoms with van der Waals surface area (Å²) in [4.78, 5) is 3.77. The van der Waals surface area contributed by atoms with Gasteiger partial charge in [0, 0.05) is 6.20 Å². The summed E-state index contributed by atoms with van der Waals surface area (Å²) in [5.41, 5.74) is 7.92. The van der Waals surface area contributed by atoms with Gasteiger partial charge in [0.15, 0.2) is 0 Å². The SMILES string of the molecule is NNC(Cc1cccnc1N)C(F)(F)Cl. The van der Waals surface area contributed by atoms with E-state index in [1.165, 1.54) is 6.20 Å². The number of hydrogen-bond acceptors (Lipinski definition) is 4. The van der Waals surface area contributed by atoms with E-state index in [0.29, 0.717) is 5.56 Å². The van der Waals surface area contributed by atoms with Gasteiger partial charge in [-0.1, -0.05) is 6.07 Å². The van der Waals surface area contributed by atoms with Crippen LogP contribution in [-0.4, -0.2) is 16.4 Å². The zero-order valence-electron chi connectivity index (χ0n) is 7.75. The van der Waals surface area contributed by atoms with Gasteiger partial charge in [0.2, 0.25) is 0 Å². The molecule has 0 fully saturated rings. The fraction of sp³-hybridized carbons (Fsp3) is 0.375. The Morgan fingerprint density at radius 1 is 1.60 bits per heavy atom. The van der Waals surface area contributed by atoms with E-state index in [0.717, 1.165) is 0 Å². The standard InChI is InChI=1S/C8H11ClF2N4/c9-8(10,11)6(15-13)4-5-2-1-3-14-7(5)12/h1-3,6,15H,4,13H2,(H2,12,14). The third kappa shape index (κ3) is 3.26. The van der Waals surface area contributed by atoms with Crippen molar-refractivity contribution in [3.8, 4) is 0 Å². The lowest BCUT2D eigenvalue weighted by Gasteiger charge is -2.20. The van der Waals surface area contributed by atoms with Gasteiger partial charge in [-0.25, -0.2) is 10.4 Å². The first-order valence-electron chi connectivity index (χ1n) is 4.17. The van der Waals surface area contributed by atoms with E-state index in [1.807, 2.05) is 5.43 Å². The molecule has 4 nitrogen and oxygen atoms in total. The minimum absolute atomic E-state index is 0.0906. The maximum absolute atomic E-state index is 12.8. The van der Waals surface area contributed by atoms with Crippen LogP contribution in [0.15, 0.2) is 18.3 Å². The van der Waals surface area contributed by atoms with E-state index >= 15 is 0 Å². The molecule has 0 spiro atoms. The first-order chi connectivity index (χ1) is 6.95. The molecule has 0 aliphatic carbocycles. The third-order valence-corrected chi connectivity index (χ3v) is 2.21. The number of aromatic nitrogens is 1. The first kappa shape index (κ1) is 12.1. The number of rotatable bonds is 4. The summed E-state index contributed by atoms with van der Waals surface area (Å²) in [6.45, 7) is 0. The van der Waals surface area contributed by atoms with Gasteiger partial charge >= 0.3 is 5.38 Å². The number of hydrazine groups is 1. The highest BCUT2D eigenvalue weighted by atomic mass is 35.5. The molecule has 0 radical (unpaired) electrons. The summed E-state index contributed by atoms with van der Waals surface area (Å²) < 4.78 is 25.5. The van der Waals surface area contributed by atoms with Crippen LogP contribution in [0, 0.1) is 0 Å². The highest BCUT2D eigenvalue weighted by molar-refractivity contribution is 6.22. The highest BCUT2D eigenvalue weighted by Gasteiger charge is 2.36. The molecule has 7 heteroatoms. The minimum Gasteiger partial charge on any atom is -0.383 e. The van der Waals surface area contributed by atoms with E-state index in [-0.39, 0.29) is 12.2 Å². The number of pyridine rings is 1. The number of nitrogens with one attached hydrogen (secondary N) is 1. The predicted molar refractivity (Wildman–Crippen MR) is 54.3 cm³/mol. The highest BCUT2D eigenvalue weighted by Crippen LogP contribution is 2.26. The van der Waals surface area contributed by atoms with Crippen molar-refractivity contribution in [2.45, 2.75) is 17.8 Å². The summed E-state index contributed by atoms with van der Waals surface area (Å²) in [7, 11) is 0. The van der Waals surface area contributed by atoms with Crippen molar-refractivity contribution in [2.75, 3.05) is 5.73 Å². The van der Waals surface area contributed by atoms with Crippen LogP contribution in [0.3, 0.4) is 0 Å². The van der Waals surface area contributed by atoms with Crippen LogP contribution in [0.25, 0.3) is 0 Å². The van der Waals surface area contributed by atoms with Crippen LogP contribution in [0.4, 0.5) is 14.6 Å². The van der Waals surface area contributed by atoms with Gasteiger partial charge in [0.1, 0.15) is 11.9 Å². The summed E-state index contributed by atoms with van der Waals surface area (Å²) in [5, 5.41) is -3.43. The topological polar surface area (TPSA) is 77.0 Å². The lowest BCUT2D eigenvalue weighted by molar-refractivity contribution is 0.0503. The molecule has 1 heterocycles. The molecule has 0 aliphatic heterocycles. The van der Waals surface area contributed by atoms with Gasteiger partial charge in [-0.05, 0) is 29.7 Å². The molecule has 0 bridgehead atoms. The minimum atomic E-state index is -3.43. The summed E-state index contributed by atoms with van der Waals surface area (Å²) in [6.07, 6.45) is 1.38. The van der Waals surface area contributed by atoms with Crippen LogP contribution in [-0.2, 0) is 6.42 Å². The fourth-order valence-electron chi connectivity index (χ4n) is 1.11. The van der Waals surface area contributed by atoms with E-state index in [2.05, 4.69) is 4.98 Å². The summed E-state index contributed by atoms with van der Waals surface area (Å²) in [5.74, 6) is 5.17. The smallest absolute Gasteiger partial charge is 0.338 e. The Hall–Kier alpha value is -0.980. The van der Waals surface area contributed by atoms with Crippen LogP contribution < -0.4 is 17.0 Å². The number of halogens is 3. The van der Waals surface area contributed by atoms with Crippen LogP contribution in [0.2, 0.25) is 0 Å². The lowest BCUT2D eigenvalue weighted by Crippen LogP contribution is -2.47. The maximum atomic E-state index is 12.8. The Morgan fingerprint density at radius 3 is 2.73 bits per heavy atom. The van der Waals surface area contributed by atoms with E-state index < -0.39 is 11.4 Å². The van der Waals surface area contributed by atoms with Crippen molar-refractivity contribution < 1.29 is 8.78 Å². The molecule has 1 atom stereocenters. The normalized spacial score (nSPS) is 13.9. The van der Waals surface area contributed by atoms with Gasteiger partial charge in [-0.2, -0.15) is 8.78 Å². The van der Waals surface area contributed by atoms with Crippen molar-refractivity contribution in [1.82, 2.24) is 10.4 Å². The Balaban J connectivity index is 2.80. The van der Waals surface area contributed by atoms with Crippen molar-refractivity contribution in [3.05, 3.63) is 23.9 Å². The van der Waals surface area contributed by atoms with Crippen molar-refractivity contribution in [1.29, 1.82) is 0 Å². The Morgan fingerprint density at radius 2 is 2.27 bits per heavy atom. The molecule has 1 rings (SSSR count). The Labute approximate surface area is 90.6 Å². The number of anilines is 1. The summed E-state index contributed by atoms with van der Waals surface area (Å²) in [6, 6.07) is 1.81. The van der Waals surface area contributed by atoms with Crippen molar-refractivity contribution >= 4 is 17.4 Å². The number of alkyl halides is 3. The zero-order valence-corrected chi connectivity index (χ0v) is 8.51. The largest absolute Gasteiger partial charge is 0.383 e. The van der Waals surface area contributed by atoms with Crippen molar-refractivity contribution in [3.63, 3.8) is 0 Å². The van der Waals surface area contributed by atoms with Gasteiger partial charge in [-0.3, -0.25) is 5.84 Å². The molecule has 5 N–H and O–H groups in total. The number of hydrogen-bond donors (Lipinski definition) is 3. The fourth-order valence-corrected chi connectivity index (χ4v) is 1.25. The molecule has 15 heavy (non-hydrogen) atoms. The van der Waals surface area contributed by atoms with Gasteiger partial charge < -0.3 is 5.73 Å². The van der Waals surface area contributed by atoms with E-state index in [1.54, 1.807) is 12.1 Å². The third-order valence-electron chi connectivity index (χ3n) is 1.95. The molecular formula is C8H11ClF2N4. The lowest BCUT2D eigenvalue weighted by atomic mass is 10.1. The van der Waals surface area contributed by atoms with E-state index in [9.17, 15) is 8.78 Å². The number of nitrogen functional groups attached to an aromatic ring is 1. The average molecular weight is 237 g/mol. The molecule has 0 saturated heterocycles. The predicted octanol–water partition coefficient (Wildman–Crippen LogP) is 0.870. The van der Waals surface area contributed by atoms with E-state index in [4.69, 9.17) is 23.2 Å². The van der Waals surface area contributed by atoms with Crippen LogP contribution in [0.5, 0.6) is 0 Å². The second-order valence-corrected chi connectivity index (χ2v) is 3.52. The molecule has 0 aromatic carbocycles. The molecule has 0 amide bonds. The second-order valence-electron chi connectivity index (χ2n) is 3.01. The van der Waals surface area contributed by atoms with Gasteiger partial charge in [0.05, 0.1) is 0 Å². The average Bonchev–Trinajstić information content (AvgIpc) is 2.14. The number of nitrogens with zero attached hydrogens (tertiary/aromatic N) is 1. The maximum Gasteiger partial charge on any atom is 0.338 e. The van der Waals surface area contributed by atoms with Crippen LogP contribution >= 0.6 is 11.6 Å². The van der Waals surface area contributed by atoms with Crippen LogP contribution in [0.1, 0.15) is 5.56 Å². The Bertz CT molecular complexity index is 329. The molecule has 0 aliphatic rings. The molecule has 1 unspecified atom stereocenters. The molecular weight excluding hydrogens is 226 g/mol. The van der Waals surface area contributed by atoms with Crippen molar-refractivity contribution in [2.24, 2.45) is 5.84 Å².